The third-order valence-corrected chi connectivity index (χ3v) is 23.4. The van der Waals surface area contributed by atoms with E-state index in [-0.39, 0.29) is 34.2 Å². The molecule has 6 N–H and O–H groups in total. The molecule has 0 aliphatic rings. The van der Waals surface area contributed by atoms with Crippen molar-refractivity contribution in [3.05, 3.63) is 256 Å². The molecule has 0 unspecified atom stereocenters. The fraction of sp³-hybridized carbons (Fsp3) is 0.185. The summed E-state index contributed by atoms with van der Waals surface area (Å²) in [7, 11) is -14.7. The van der Waals surface area contributed by atoms with Gasteiger partial charge in [-0.15, -0.1) is 22.7 Å². The smallest absolute Gasteiger partial charge is 0.335 e. The zero-order chi connectivity index (χ0) is 63.5. The maximum atomic E-state index is 13.1. The van der Waals surface area contributed by atoms with Crippen LogP contribution in [-0.2, 0) is 78.4 Å². The van der Waals surface area contributed by atoms with Crippen LogP contribution in [0, 0.1) is 0 Å². The molecule has 0 aliphatic heterocycles. The van der Waals surface area contributed by atoms with Crippen molar-refractivity contribution in [2.24, 2.45) is 0 Å². The van der Waals surface area contributed by atoms with E-state index >= 15 is 0 Å². The number of carbonyl (C=O) groups is 3. The van der Waals surface area contributed by atoms with Gasteiger partial charge in [-0.1, -0.05) is 115 Å². The molecule has 0 saturated heterocycles. The summed E-state index contributed by atoms with van der Waals surface area (Å²) in [6.07, 6.45) is 6.71. The number of anilines is 3. The number of hydrogen-bond donors (Lipinski definition) is 6. The highest BCUT2D eigenvalue weighted by Gasteiger charge is 2.25. The Hall–Kier alpha value is -8.45. The summed E-state index contributed by atoms with van der Waals surface area (Å²) in [4.78, 5) is 32.8. The Kier molecular flexibility index (Phi) is 23.6. The number of hydrogen-bond acceptors (Lipinski definition) is 13. The number of sulfonamides is 3. The normalized spacial score (nSPS) is 11.5. The lowest BCUT2D eigenvalue weighted by molar-refractivity contribution is 0.0686. The number of carboxylic acid groups (broad SMARTS) is 3. The van der Waals surface area contributed by atoms with E-state index in [2.05, 4.69) is 14.2 Å². The molecule has 0 amide bonds. The van der Waals surface area contributed by atoms with Gasteiger partial charge in [0.25, 0.3) is 20.0 Å². The summed E-state index contributed by atoms with van der Waals surface area (Å²) in [6, 6.07) is 55.9. The second-order valence-electron chi connectivity index (χ2n) is 20.3. The lowest BCUT2D eigenvalue weighted by atomic mass is 10.0. The van der Waals surface area contributed by atoms with Crippen LogP contribution in [-0.4, -0.2) is 72.1 Å². The fourth-order valence-corrected chi connectivity index (χ4v) is 15.9. The van der Waals surface area contributed by atoms with Crippen molar-refractivity contribution >= 4 is 97.6 Å². The number of aromatic carboxylic acids is 3. The molecule has 9 aromatic rings. The van der Waals surface area contributed by atoms with E-state index < -0.39 is 63.1 Å². The van der Waals surface area contributed by atoms with Crippen LogP contribution >= 0.6 is 22.7 Å². The van der Waals surface area contributed by atoms with Crippen LogP contribution in [0.5, 0.6) is 0 Å². The van der Waals surface area contributed by atoms with Crippen molar-refractivity contribution in [3.63, 3.8) is 0 Å². The predicted octanol–water partition coefficient (Wildman–Crippen LogP) is 13.4. The van der Waals surface area contributed by atoms with E-state index in [1.807, 2.05) is 66.7 Å². The van der Waals surface area contributed by atoms with Crippen molar-refractivity contribution in [2.75, 3.05) is 14.2 Å². The Morgan fingerprint density at radius 3 is 1.10 bits per heavy atom. The Morgan fingerprint density at radius 1 is 0.386 bits per heavy atom. The van der Waals surface area contributed by atoms with E-state index in [0.717, 1.165) is 71.9 Å². The van der Waals surface area contributed by atoms with Gasteiger partial charge in [0.05, 0.1) is 43.9 Å². The van der Waals surface area contributed by atoms with Crippen LogP contribution in [0.2, 0.25) is 0 Å². The van der Waals surface area contributed by atoms with Crippen molar-refractivity contribution < 1.29 is 63.4 Å². The molecule has 17 nitrogen and oxygen atoms in total. The lowest BCUT2D eigenvalue weighted by Gasteiger charge is -2.14. The topological polar surface area (TPSA) is 285 Å². The molecule has 0 bridgehead atoms. The molecule has 0 aliphatic carbocycles. The molecular weight excluding hydrogens is 1240 g/mol. The summed E-state index contributed by atoms with van der Waals surface area (Å²) in [6.45, 7) is 3.29. The molecule has 0 spiro atoms. The molecule has 0 radical (unpaired) electrons. The molecule has 2 heterocycles. The van der Waals surface area contributed by atoms with E-state index in [9.17, 15) is 48.1 Å². The van der Waals surface area contributed by atoms with E-state index in [1.165, 1.54) is 35.6 Å². The van der Waals surface area contributed by atoms with Gasteiger partial charge in [-0.2, -0.15) is 0 Å². The van der Waals surface area contributed by atoms with Crippen LogP contribution in [0.15, 0.2) is 223 Å². The van der Waals surface area contributed by atoms with E-state index in [1.54, 1.807) is 128 Å². The lowest BCUT2D eigenvalue weighted by Crippen LogP contribution is -2.23. The maximum absolute atomic E-state index is 13.1. The molecule has 7 aromatic carbocycles. The standard InChI is InChI=1S/C26H23NO6S3.C20H19NO4S2.C19H23NO4S/c28-26(29)21-15-13-19(14-16-21)7-6-9-20-8-4-5-12-23(20)27-36(32,33)25-18-17-24(34-25)35(30,31)22-10-2-1-3-11-22;22-20(23)17-12-10-15(11-13-17)5-3-7-16-6-1-2-8-18(16)21-27(24,25)19-9-4-14-26-19;1-14(2)25(23,24)20-18-9-4-3-7-16(18)8-5-6-15-10-12-17(13-11-15)19(21)22/h1-5,8,10-18,27H,6-7,9H2,(H,28,29);1-2,4,6,8-14,21H,3,5,7H2,(H,22,23);3-4,7,9-14,20H,5-6,8H2,1-2H3,(H,21,22). The van der Waals surface area contributed by atoms with Gasteiger partial charge in [0.15, 0.2) is 0 Å². The third-order valence-electron chi connectivity index (χ3n) is 13.7. The minimum absolute atomic E-state index is 0.0451. The monoisotopic (exact) mass is 1300 g/mol. The minimum atomic E-state index is -4.00. The highest BCUT2D eigenvalue weighted by atomic mass is 32.3. The Morgan fingerprint density at radius 2 is 0.739 bits per heavy atom. The predicted molar refractivity (Wildman–Crippen MR) is 345 cm³/mol. The first kappa shape index (κ1) is 67.1. The first-order valence-corrected chi connectivity index (χ1v) is 35.3. The number of sulfone groups is 1. The molecule has 460 valence electrons. The summed E-state index contributed by atoms with van der Waals surface area (Å²) in [5.41, 5.74) is 8.21. The second kappa shape index (κ2) is 30.9. The second-order valence-corrected chi connectivity index (χ2v) is 30.5. The highest BCUT2D eigenvalue weighted by molar-refractivity contribution is 7.96. The average Bonchev–Trinajstić information content (AvgIpc) is 4.45. The number of aryl methyl sites for hydroxylation is 6. The molecular formula is C65H65N3O14S6. The molecule has 0 atom stereocenters. The van der Waals surface area contributed by atoms with Gasteiger partial charge in [-0.3, -0.25) is 14.2 Å². The molecule has 2 aromatic heterocycles. The minimum Gasteiger partial charge on any atom is -0.478 e. The fourth-order valence-electron chi connectivity index (χ4n) is 8.79. The Bertz CT molecular complexity index is 4270. The van der Waals surface area contributed by atoms with Crippen molar-refractivity contribution in [1.82, 2.24) is 0 Å². The number of carboxylic acids is 3. The summed E-state index contributed by atoms with van der Waals surface area (Å²) in [5, 5.41) is 28.1. The molecule has 0 fully saturated rings. The van der Waals surface area contributed by atoms with Crippen molar-refractivity contribution in [3.8, 4) is 0 Å². The molecule has 23 heteroatoms. The largest absolute Gasteiger partial charge is 0.478 e. The summed E-state index contributed by atoms with van der Waals surface area (Å²) in [5.74, 6) is -2.84. The SMILES string of the molecule is CC(C)S(=O)(=O)Nc1ccccc1CCCc1ccc(C(=O)O)cc1.O=C(O)c1ccc(CCCc2ccccc2NS(=O)(=O)c2ccc(S(=O)(=O)c3ccccc3)s2)cc1.O=C(O)c1ccc(CCCc2ccccc2NS(=O)(=O)c2cccs2)cc1. The number of benzene rings is 7. The molecule has 0 saturated carbocycles. The Balaban J connectivity index is 0.000000192. The van der Waals surface area contributed by atoms with Crippen LogP contribution in [0.3, 0.4) is 0 Å². The van der Waals surface area contributed by atoms with Gasteiger partial charge in [-0.25, -0.2) is 48.1 Å². The number of nitrogens with one attached hydrogen (secondary N) is 3. The zero-order valence-corrected chi connectivity index (χ0v) is 52.8. The quantitative estimate of drug-likeness (QED) is 0.0294. The third kappa shape index (κ3) is 19.3. The average molecular weight is 1300 g/mol. The number of rotatable bonds is 26. The van der Waals surface area contributed by atoms with Gasteiger partial charge < -0.3 is 15.3 Å². The maximum Gasteiger partial charge on any atom is 0.335 e. The number of para-hydroxylation sites is 3. The summed E-state index contributed by atoms with van der Waals surface area (Å²) < 4.78 is 109. The molecule has 88 heavy (non-hydrogen) atoms. The van der Waals surface area contributed by atoms with Gasteiger partial charge in [0.2, 0.25) is 19.9 Å². The molecule has 9 rings (SSSR count). The highest BCUT2D eigenvalue weighted by Crippen LogP contribution is 2.32. The van der Waals surface area contributed by atoms with Crippen LogP contribution in [0.25, 0.3) is 0 Å². The van der Waals surface area contributed by atoms with Crippen LogP contribution in [0.1, 0.15) is 97.6 Å². The van der Waals surface area contributed by atoms with Crippen molar-refractivity contribution in [1.29, 1.82) is 0 Å². The Labute approximate surface area is 521 Å². The van der Waals surface area contributed by atoms with E-state index in [4.69, 9.17) is 15.3 Å². The zero-order valence-electron chi connectivity index (χ0n) is 47.9. The summed E-state index contributed by atoms with van der Waals surface area (Å²) >= 11 is 1.89. The van der Waals surface area contributed by atoms with Crippen LogP contribution < -0.4 is 14.2 Å². The van der Waals surface area contributed by atoms with Gasteiger partial charge in [0, 0.05) is 0 Å². The first-order chi connectivity index (χ1) is 41.9. The van der Waals surface area contributed by atoms with Gasteiger partial charge in [-0.05, 0) is 195 Å². The van der Waals surface area contributed by atoms with Crippen LogP contribution in [0.4, 0.5) is 17.1 Å². The van der Waals surface area contributed by atoms with E-state index in [0.29, 0.717) is 47.7 Å². The van der Waals surface area contributed by atoms with Gasteiger partial charge >= 0.3 is 17.9 Å². The van der Waals surface area contributed by atoms with Crippen molar-refractivity contribution in [2.45, 2.75) is 94.4 Å². The van der Waals surface area contributed by atoms with Gasteiger partial charge in [0.1, 0.15) is 12.6 Å². The first-order valence-electron chi connectivity index (χ1n) is 27.6. The number of thiophene rings is 2.